The molecule has 1 aliphatic heterocycles. The summed E-state index contributed by atoms with van der Waals surface area (Å²) in [4.78, 5) is 2.11. The van der Waals surface area contributed by atoms with Crippen molar-refractivity contribution in [3.05, 3.63) is 18.2 Å². The Morgan fingerprint density at radius 3 is 2.33 bits per heavy atom. The third-order valence-corrected chi connectivity index (χ3v) is 6.04. The monoisotopic (exact) mass is 313 g/mol. The Balaban J connectivity index is 2.14. The molecular formula is C14H23N3O3S. The largest absolute Gasteiger partial charge is 0.492 e. The molecule has 0 amide bonds. The van der Waals surface area contributed by atoms with Crippen molar-refractivity contribution in [2.24, 2.45) is 0 Å². The van der Waals surface area contributed by atoms with Crippen LogP contribution in [0.1, 0.15) is 13.8 Å². The lowest BCUT2D eigenvalue weighted by Crippen LogP contribution is -2.50. The van der Waals surface area contributed by atoms with E-state index >= 15 is 0 Å². The molecule has 7 heteroatoms. The van der Waals surface area contributed by atoms with Gasteiger partial charge in [0.05, 0.1) is 23.7 Å². The van der Waals surface area contributed by atoms with Crippen LogP contribution in [0.3, 0.4) is 0 Å². The highest BCUT2D eigenvalue weighted by Gasteiger charge is 2.30. The second-order valence-corrected chi connectivity index (χ2v) is 7.87. The maximum atomic E-state index is 12.2. The number of hydrogen-bond donors (Lipinski definition) is 1. The van der Waals surface area contributed by atoms with Crippen LogP contribution in [0.15, 0.2) is 18.2 Å². The van der Waals surface area contributed by atoms with Crippen LogP contribution >= 0.6 is 0 Å². The quantitative estimate of drug-likeness (QED) is 0.844. The third-order valence-electron chi connectivity index (χ3n) is 3.76. The lowest BCUT2D eigenvalue weighted by molar-refractivity contribution is 0.375. The third kappa shape index (κ3) is 3.08. The summed E-state index contributed by atoms with van der Waals surface area (Å²) in [6.45, 7) is 5.65. The van der Waals surface area contributed by atoms with E-state index in [1.54, 1.807) is 31.3 Å². The van der Waals surface area contributed by atoms with Crippen LogP contribution in [0.5, 0.6) is 5.75 Å². The van der Waals surface area contributed by atoms with Gasteiger partial charge in [-0.05, 0) is 26.0 Å². The molecule has 2 N–H and O–H groups in total. The topological polar surface area (TPSA) is 75.9 Å². The molecule has 0 aromatic heterocycles. The number of nitrogen functional groups attached to an aromatic ring is 1. The number of anilines is 2. The molecule has 1 aromatic carbocycles. The van der Waals surface area contributed by atoms with Gasteiger partial charge in [-0.3, -0.25) is 0 Å². The summed E-state index contributed by atoms with van der Waals surface area (Å²) >= 11 is 0. The zero-order valence-electron chi connectivity index (χ0n) is 12.7. The van der Waals surface area contributed by atoms with Gasteiger partial charge in [-0.1, -0.05) is 6.07 Å². The van der Waals surface area contributed by atoms with E-state index in [0.717, 1.165) is 5.69 Å². The van der Waals surface area contributed by atoms with E-state index in [1.807, 2.05) is 12.1 Å². The van der Waals surface area contributed by atoms with Crippen LogP contribution in [0.4, 0.5) is 11.4 Å². The van der Waals surface area contributed by atoms with Crippen molar-refractivity contribution in [1.29, 1.82) is 0 Å². The van der Waals surface area contributed by atoms with E-state index in [0.29, 0.717) is 37.6 Å². The van der Waals surface area contributed by atoms with E-state index in [4.69, 9.17) is 10.5 Å². The summed E-state index contributed by atoms with van der Waals surface area (Å²) in [7, 11) is -1.59. The van der Waals surface area contributed by atoms with Gasteiger partial charge >= 0.3 is 0 Å². The van der Waals surface area contributed by atoms with E-state index in [2.05, 4.69) is 4.90 Å². The highest BCUT2D eigenvalue weighted by Crippen LogP contribution is 2.34. The fourth-order valence-electron chi connectivity index (χ4n) is 2.50. The fourth-order valence-corrected chi connectivity index (χ4v) is 3.76. The molecule has 1 heterocycles. The Morgan fingerprint density at radius 2 is 1.81 bits per heavy atom. The van der Waals surface area contributed by atoms with Gasteiger partial charge < -0.3 is 15.4 Å². The lowest BCUT2D eigenvalue weighted by atomic mass is 10.2. The molecule has 21 heavy (non-hydrogen) atoms. The van der Waals surface area contributed by atoms with Gasteiger partial charge in [0.15, 0.2) is 5.75 Å². The number of hydrogen-bond acceptors (Lipinski definition) is 5. The molecule has 0 spiro atoms. The van der Waals surface area contributed by atoms with Crippen molar-refractivity contribution in [1.82, 2.24) is 4.31 Å². The van der Waals surface area contributed by atoms with E-state index in [1.165, 1.54) is 0 Å². The molecule has 0 saturated carbocycles. The van der Waals surface area contributed by atoms with Crippen molar-refractivity contribution >= 4 is 21.4 Å². The minimum atomic E-state index is -3.18. The van der Waals surface area contributed by atoms with Gasteiger partial charge in [0.1, 0.15) is 0 Å². The average Bonchev–Trinajstić information content (AvgIpc) is 2.47. The SMILES string of the molecule is COc1c(N)cccc1N1CCN(S(=O)(=O)C(C)C)CC1. The molecule has 0 radical (unpaired) electrons. The molecule has 1 fully saturated rings. The number of para-hydroxylation sites is 1. The highest BCUT2D eigenvalue weighted by molar-refractivity contribution is 7.89. The van der Waals surface area contributed by atoms with Crippen molar-refractivity contribution in [3.8, 4) is 5.75 Å². The van der Waals surface area contributed by atoms with Crippen molar-refractivity contribution in [2.75, 3.05) is 43.9 Å². The lowest BCUT2D eigenvalue weighted by Gasteiger charge is -2.36. The molecule has 118 valence electrons. The minimum Gasteiger partial charge on any atom is -0.492 e. The number of piperazine rings is 1. The van der Waals surface area contributed by atoms with E-state index < -0.39 is 10.0 Å². The number of sulfonamides is 1. The summed E-state index contributed by atoms with van der Waals surface area (Å²) < 4.78 is 31.3. The number of benzene rings is 1. The zero-order chi connectivity index (χ0) is 15.6. The average molecular weight is 313 g/mol. The van der Waals surface area contributed by atoms with Crippen LogP contribution < -0.4 is 15.4 Å². The van der Waals surface area contributed by atoms with E-state index in [-0.39, 0.29) is 5.25 Å². The first-order chi connectivity index (χ1) is 9.87. The fraction of sp³-hybridized carbons (Fsp3) is 0.571. The molecule has 0 bridgehead atoms. The van der Waals surface area contributed by atoms with Gasteiger partial charge in [0, 0.05) is 26.2 Å². The Morgan fingerprint density at radius 1 is 1.19 bits per heavy atom. The Kier molecular flexibility index (Phi) is 4.63. The minimum absolute atomic E-state index is 0.383. The number of nitrogens with two attached hydrogens (primary N) is 1. The zero-order valence-corrected chi connectivity index (χ0v) is 13.6. The summed E-state index contributed by atoms with van der Waals surface area (Å²) in [5.74, 6) is 0.651. The summed E-state index contributed by atoms with van der Waals surface area (Å²) in [6.07, 6.45) is 0. The maximum Gasteiger partial charge on any atom is 0.216 e. The van der Waals surface area contributed by atoms with Crippen molar-refractivity contribution < 1.29 is 13.2 Å². The van der Waals surface area contributed by atoms with Gasteiger partial charge in [-0.2, -0.15) is 4.31 Å². The predicted octanol–water partition coefficient (Wildman–Crippen LogP) is 1.14. The standard InChI is InChI=1S/C14H23N3O3S/c1-11(2)21(18,19)17-9-7-16(8-10-17)13-6-4-5-12(15)14(13)20-3/h4-6,11H,7-10,15H2,1-3H3. The first kappa shape index (κ1) is 15.9. The Labute approximate surface area is 126 Å². The normalized spacial score (nSPS) is 17.2. The van der Waals surface area contributed by atoms with Crippen molar-refractivity contribution in [3.63, 3.8) is 0 Å². The van der Waals surface area contributed by atoms with Crippen LogP contribution in [-0.2, 0) is 10.0 Å². The van der Waals surface area contributed by atoms with Crippen LogP contribution in [0, 0.1) is 0 Å². The number of ether oxygens (including phenoxy) is 1. The second kappa shape index (κ2) is 6.11. The Bertz CT molecular complexity index is 593. The van der Waals surface area contributed by atoms with Gasteiger partial charge in [-0.15, -0.1) is 0 Å². The molecule has 1 aliphatic rings. The first-order valence-electron chi connectivity index (χ1n) is 7.04. The number of nitrogens with zero attached hydrogens (tertiary/aromatic N) is 2. The molecule has 0 unspecified atom stereocenters. The predicted molar refractivity (Wildman–Crippen MR) is 85.2 cm³/mol. The summed E-state index contributed by atoms with van der Waals surface area (Å²) in [5, 5.41) is -0.383. The van der Waals surface area contributed by atoms with E-state index in [9.17, 15) is 8.42 Å². The molecule has 1 aromatic rings. The molecule has 1 saturated heterocycles. The van der Waals surface area contributed by atoms with Gasteiger partial charge in [0.2, 0.25) is 10.0 Å². The molecule has 0 atom stereocenters. The molecule has 0 aliphatic carbocycles. The molecule has 6 nitrogen and oxygen atoms in total. The number of methoxy groups -OCH3 is 1. The molecule has 2 rings (SSSR count). The van der Waals surface area contributed by atoms with Crippen LogP contribution in [0.25, 0.3) is 0 Å². The first-order valence-corrected chi connectivity index (χ1v) is 8.54. The second-order valence-electron chi connectivity index (χ2n) is 5.38. The maximum absolute atomic E-state index is 12.2. The number of rotatable bonds is 4. The van der Waals surface area contributed by atoms with Gasteiger partial charge in [-0.25, -0.2) is 8.42 Å². The van der Waals surface area contributed by atoms with Crippen molar-refractivity contribution in [2.45, 2.75) is 19.1 Å². The van der Waals surface area contributed by atoms with Gasteiger partial charge in [0.25, 0.3) is 0 Å². The van der Waals surface area contributed by atoms with Crippen LogP contribution in [0.2, 0.25) is 0 Å². The Hall–Kier alpha value is -1.47. The molecular weight excluding hydrogens is 290 g/mol. The van der Waals surface area contributed by atoms with Crippen LogP contribution in [-0.4, -0.2) is 51.3 Å². The summed E-state index contributed by atoms with van der Waals surface area (Å²) in [5.41, 5.74) is 7.42. The summed E-state index contributed by atoms with van der Waals surface area (Å²) in [6, 6.07) is 5.62. The smallest absolute Gasteiger partial charge is 0.216 e. The highest BCUT2D eigenvalue weighted by atomic mass is 32.2.